The molecule has 1 aromatic heterocycles. The molecule has 2 rings (SSSR count). The van der Waals surface area contributed by atoms with Crippen molar-refractivity contribution in [3.05, 3.63) is 35.3 Å². The van der Waals surface area contributed by atoms with Crippen LogP contribution in [0.15, 0.2) is 30.3 Å². The Labute approximate surface area is 163 Å². The highest BCUT2D eigenvalue weighted by molar-refractivity contribution is 7.15. The molecule has 1 atom stereocenters. The lowest BCUT2D eigenvalue weighted by atomic mass is 10.0. The summed E-state index contributed by atoms with van der Waals surface area (Å²) < 4.78 is 5.42. The summed E-state index contributed by atoms with van der Waals surface area (Å²) in [5, 5.41) is 14.9. The number of benzene rings is 1. The van der Waals surface area contributed by atoms with Crippen molar-refractivity contribution in [3.8, 4) is 5.75 Å². The van der Waals surface area contributed by atoms with E-state index in [2.05, 4.69) is 27.8 Å². The topological polar surface area (TPSA) is 93.2 Å². The molecule has 0 spiro atoms. The van der Waals surface area contributed by atoms with Crippen LogP contribution in [0.3, 0.4) is 0 Å². The third-order valence-electron chi connectivity index (χ3n) is 3.82. The molecule has 1 aromatic carbocycles. The summed E-state index contributed by atoms with van der Waals surface area (Å²) >= 11 is 1.37. The lowest BCUT2D eigenvalue weighted by Crippen LogP contribution is -2.48. The molecule has 146 valence electrons. The van der Waals surface area contributed by atoms with Crippen molar-refractivity contribution in [2.45, 2.75) is 46.1 Å². The van der Waals surface area contributed by atoms with Gasteiger partial charge in [-0.25, -0.2) is 0 Å². The van der Waals surface area contributed by atoms with Crippen molar-refractivity contribution in [3.63, 3.8) is 0 Å². The van der Waals surface area contributed by atoms with Crippen LogP contribution in [0.2, 0.25) is 0 Å². The predicted octanol–water partition coefficient (Wildman–Crippen LogP) is 3.04. The largest absolute Gasteiger partial charge is 0.484 e. The molecule has 1 heterocycles. The van der Waals surface area contributed by atoms with Gasteiger partial charge in [0.25, 0.3) is 5.91 Å². The van der Waals surface area contributed by atoms with Gasteiger partial charge in [-0.1, -0.05) is 56.7 Å². The van der Waals surface area contributed by atoms with Gasteiger partial charge in [0, 0.05) is 6.42 Å². The zero-order valence-electron chi connectivity index (χ0n) is 15.9. The van der Waals surface area contributed by atoms with Gasteiger partial charge in [0.15, 0.2) is 6.61 Å². The van der Waals surface area contributed by atoms with Crippen LogP contribution in [0.25, 0.3) is 0 Å². The van der Waals surface area contributed by atoms with E-state index in [4.69, 9.17) is 4.74 Å². The van der Waals surface area contributed by atoms with Crippen molar-refractivity contribution in [1.82, 2.24) is 15.5 Å². The Balaban J connectivity index is 1.88. The summed E-state index contributed by atoms with van der Waals surface area (Å²) in [4.78, 5) is 24.7. The summed E-state index contributed by atoms with van der Waals surface area (Å²) in [6.07, 6.45) is 2.97. The number of aryl methyl sites for hydroxylation is 1. The van der Waals surface area contributed by atoms with Crippen LogP contribution in [0.5, 0.6) is 5.75 Å². The second kappa shape index (κ2) is 10.6. The molecule has 7 nitrogen and oxygen atoms in total. The maximum Gasteiger partial charge on any atom is 0.258 e. The number of hydrogen-bond acceptors (Lipinski definition) is 6. The monoisotopic (exact) mass is 390 g/mol. The van der Waals surface area contributed by atoms with Crippen molar-refractivity contribution < 1.29 is 14.3 Å². The van der Waals surface area contributed by atoms with E-state index in [1.807, 2.05) is 32.0 Å². The molecule has 0 saturated carbocycles. The molecule has 0 aliphatic rings. The van der Waals surface area contributed by atoms with E-state index in [0.29, 0.717) is 10.9 Å². The number of amides is 2. The number of aromatic nitrogens is 2. The Morgan fingerprint density at radius 2 is 1.93 bits per heavy atom. The second-order valence-corrected chi connectivity index (χ2v) is 7.55. The van der Waals surface area contributed by atoms with Crippen molar-refractivity contribution in [1.29, 1.82) is 0 Å². The van der Waals surface area contributed by atoms with Crippen molar-refractivity contribution in [2.24, 2.45) is 5.92 Å². The van der Waals surface area contributed by atoms with E-state index in [1.165, 1.54) is 11.3 Å². The summed E-state index contributed by atoms with van der Waals surface area (Å²) in [6, 6.07) is 8.38. The minimum Gasteiger partial charge on any atom is -0.484 e. The average molecular weight is 391 g/mol. The quantitative estimate of drug-likeness (QED) is 0.650. The number of para-hydroxylation sites is 1. The molecular weight excluding hydrogens is 364 g/mol. The summed E-state index contributed by atoms with van der Waals surface area (Å²) in [5.74, 6) is -0.144. The first kappa shape index (κ1) is 20.8. The highest BCUT2D eigenvalue weighted by Gasteiger charge is 2.25. The number of hydrogen-bond donors (Lipinski definition) is 2. The third-order valence-corrected chi connectivity index (χ3v) is 4.72. The fourth-order valence-electron chi connectivity index (χ4n) is 2.33. The normalized spacial score (nSPS) is 11.9. The molecule has 0 aliphatic carbocycles. The SMILES string of the molecule is CCCCc1nnc(NC(=O)C(NC(=O)COc2ccccc2)C(C)C)s1. The zero-order chi connectivity index (χ0) is 19.6. The lowest BCUT2D eigenvalue weighted by Gasteiger charge is -2.21. The highest BCUT2D eigenvalue weighted by Crippen LogP contribution is 2.18. The number of unbranched alkanes of at least 4 members (excludes halogenated alkanes) is 1. The minimum absolute atomic E-state index is 0.0850. The number of nitrogens with zero attached hydrogens (tertiary/aromatic N) is 2. The smallest absolute Gasteiger partial charge is 0.258 e. The average Bonchev–Trinajstić information content (AvgIpc) is 3.10. The van der Waals surface area contributed by atoms with Crippen LogP contribution in [-0.2, 0) is 16.0 Å². The number of ether oxygens (including phenoxy) is 1. The summed E-state index contributed by atoms with van der Waals surface area (Å²) in [7, 11) is 0. The van der Waals surface area contributed by atoms with E-state index < -0.39 is 6.04 Å². The Bertz CT molecular complexity index is 734. The number of carbonyl (C=O) groups is 2. The third kappa shape index (κ3) is 6.97. The van der Waals surface area contributed by atoms with Gasteiger partial charge < -0.3 is 10.1 Å². The Morgan fingerprint density at radius 3 is 2.59 bits per heavy atom. The van der Waals surface area contributed by atoms with E-state index >= 15 is 0 Å². The van der Waals surface area contributed by atoms with Gasteiger partial charge in [0.05, 0.1) is 0 Å². The Morgan fingerprint density at radius 1 is 1.19 bits per heavy atom. The van der Waals surface area contributed by atoms with E-state index in [9.17, 15) is 9.59 Å². The molecule has 27 heavy (non-hydrogen) atoms. The lowest BCUT2D eigenvalue weighted by molar-refractivity contribution is -0.128. The maximum atomic E-state index is 12.6. The molecule has 2 amide bonds. The fourth-order valence-corrected chi connectivity index (χ4v) is 3.12. The summed E-state index contributed by atoms with van der Waals surface area (Å²) in [6.45, 7) is 5.70. The van der Waals surface area contributed by atoms with Gasteiger partial charge in [0.2, 0.25) is 11.0 Å². The Hall–Kier alpha value is -2.48. The van der Waals surface area contributed by atoms with E-state index in [-0.39, 0.29) is 24.3 Å². The molecule has 0 fully saturated rings. The molecule has 0 saturated heterocycles. The number of carbonyl (C=O) groups excluding carboxylic acids is 2. The molecule has 8 heteroatoms. The predicted molar refractivity (Wildman–Crippen MR) is 106 cm³/mol. The summed E-state index contributed by atoms with van der Waals surface area (Å²) in [5.41, 5.74) is 0. The van der Waals surface area contributed by atoms with Gasteiger partial charge in [-0.3, -0.25) is 14.9 Å². The van der Waals surface area contributed by atoms with Gasteiger partial charge >= 0.3 is 0 Å². The van der Waals surface area contributed by atoms with Crippen molar-refractivity contribution in [2.75, 3.05) is 11.9 Å². The highest BCUT2D eigenvalue weighted by atomic mass is 32.1. The van der Waals surface area contributed by atoms with Gasteiger partial charge in [-0.05, 0) is 24.5 Å². The van der Waals surface area contributed by atoms with E-state index in [0.717, 1.165) is 24.3 Å². The number of anilines is 1. The first-order chi connectivity index (χ1) is 13.0. The van der Waals surface area contributed by atoms with Crippen LogP contribution >= 0.6 is 11.3 Å². The first-order valence-corrected chi connectivity index (χ1v) is 9.91. The van der Waals surface area contributed by atoms with E-state index in [1.54, 1.807) is 12.1 Å². The minimum atomic E-state index is -0.681. The Kier molecular flexibility index (Phi) is 8.19. The van der Waals surface area contributed by atoms with Gasteiger partial charge in [0.1, 0.15) is 16.8 Å². The molecule has 1 unspecified atom stereocenters. The molecule has 2 aromatic rings. The van der Waals surface area contributed by atoms with Crippen LogP contribution < -0.4 is 15.4 Å². The molecule has 0 aliphatic heterocycles. The molecule has 2 N–H and O–H groups in total. The fraction of sp³-hybridized carbons (Fsp3) is 0.474. The molecular formula is C19H26N4O3S. The second-order valence-electron chi connectivity index (χ2n) is 6.48. The maximum absolute atomic E-state index is 12.6. The van der Waals surface area contributed by atoms with Gasteiger partial charge in [-0.2, -0.15) is 0 Å². The van der Waals surface area contributed by atoms with Crippen LogP contribution in [0.4, 0.5) is 5.13 Å². The zero-order valence-corrected chi connectivity index (χ0v) is 16.7. The molecule has 0 bridgehead atoms. The number of rotatable bonds is 10. The van der Waals surface area contributed by atoms with Gasteiger partial charge in [-0.15, -0.1) is 10.2 Å². The standard InChI is InChI=1S/C19H26N4O3S/c1-4-5-11-16-22-23-19(27-16)21-18(25)17(13(2)3)20-15(24)12-26-14-9-7-6-8-10-14/h6-10,13,17H,4-5,11-12H2,1-3H3,(H,20,24)(H,21,23,25). The molecule has 0 radical (unpaired) electrons. The van der Waals surface area contributed by atoms with Crippen molar-refractivity contribution >= 4 is 28.3 Å². The van der Waals surface area contributed by atoms with Crippen LogP contribution in [-0.4, -0.2) is 34.7 Å². The van der Waals surface area contributed by atoms with Crippen LogP contribution in [0, 0.1) is 5.92 Å². The first-order valence-electron chi connectivity index (χ1n) is 9.10. The van der Waals surface area contributed by atoms with Crippen LogP contribution in [0.1, 0.15) is 38.6 Å². The number of nitrogens with one attached hydrogen (secondary N) is 2.